The number of aromatic nitrogens is 2. The van der Waals surface area contributed by atoms with Gasteiger partial charge in [0.2, 0.25) is 5.91 Å². The van der Waals surface area contributed by atoms with Crippen LogP contribution in [-0.2, 0) is 11.0 Å². The Morgan fingerprint density at radius 3 is 2.71 bits per heavy atom. The highest BCUT2D eigenvalue weighted by molar-refractivity contribution is 7.13. The van der Waals surface area contributed by atoms with Crippen molar-refractivity contribution in [3.8, 4) is 10.6 Å². The first kappa shape index (κ1) is 21.6. The number of rotatable bonds is 4. The van der Waals surface area contributed by atoms with Crippen LogP contribution in [0, 0.1) is 5.92 Å². The van der Waals surface area contributed by atoms with Gasteiger partial charge in [0.05, 0.1) is 27.1 Å². The summed E-state index contributed by atoms with van der Waals surface area (Å²) in [6, 6.07) is 10.5. The first-order valence-corrected chi connectivity index (χ1v) is 10.9. The lowest BCUT2D eigenvalue weighted by Crippen LogP contribution is -2.41. The van der Waals surface area contributed by atoms with Gasteiger partial charge in [-0.2, -0.15) is 13.2 Å². The number of nitrogens with one attached hydrogen (secondary N) is 1. The third-order valence-corrected chi connectivity index (χ3v) is 6.31. The third kappa shape index (κ3) is 4.99. The van der Waals surface area contributed by atoms with E-state index in [0.717, 1.165) is 41.7 Å². The lowest BCUT2D eigenvalue weighted by molar-refractivity contribution is -0.137. The van der Waals surface area contributed by atoms with Gasteiger partial charge in [0.1, 0.15) is 5.69 Å². The van der Waals surface area contributed by atoms with E-state index in [2.05, 4.69) is 15.5 Å². The zero-order valence-corrected chi connectivity index (χ0v) is 17.8. The Hall–Kier alpha value is -2.65. The highest BCUT2D eigenvalue weighted by atomic mass is 35.5. The van der Waals surface area contributed by atoms with Crippen molar-refractivity contribution >= 4 is 40.4 Å². The van der Waals surface area contributed by atoms with Crippen LogP contribution in [0.3, 0.4) is 0 Å². The average Bonchev–Trinajstić information content (AvgIpc) is 3.30. The number of alkyl halides is 3. The van der Waals surface area contributed by atoms with E-state index in [9.17, 15) is 18.0 Å². The second kappa shape index (κ2) is 8.84. The number of carbonyl (C=O) groups is 1. The normalized spacial score (nSPS) is 16.9. The molecule has 1 saturated heterocycles. The summed E-state index contributed by atoms with van der Waals surface area (Å²) in [6.07, 6.45) is -3.14. The topological polar surface area (TPSA) is 58.1 Å². The summed E-state index contributed by atoms with van der Waals surface area (Å²) < 4.78 is 38.9. The van der Waals surface area contributed by atoms with Crippen molar-refractivity contribution in [2.45, 2.75) is 19.0 Å². The van der Waals surface area contributed by atoms with E-state index in [-0.39, 0.29) is 16.6 Å². The molecular formula is C21H18ClF3N4OS. The van der Waals surface area contributed by atoms with Gasteiger partial charge >= 0.3 is 6.18 Å². The number of hydrogen-bond acceptors (Lipinski definition) is 5. The minimum atomic E-state index is -4.51. The Labute approximate surface area is 185 Å². The molecule has 0 aliphatic carbocycles. The van der Waals surface area contributed by atoms with E-state index in [0.29, 0.717) is 18.8 Å². The molecule has 4 rings (SSSR count). The summed E-state index contributed by atoms with van der Waals surface area (Å²) in [4.78, 5) is 15.7. The van der Waals surface area contributed by atoms with Crippen LogP contribution in [-0.4, -0.2) is 29.2 Å². The van der Waals surface area contributed by atoms with Crippen molar-refractivity contribution in [3.05, 3.63) is 58.4 Å². The molecule has 1 N–H and O–H groups in total. The molecule has 31 heavy (non-hydrogen) atoms. The minimum absolute atomic E-state index is 0.0429. The van der Waals surface area contributed by atoms with E-state index in [4.69, 9.17) is 11.6 Å². The SMILES string of the molecule is O=C(Nc1cc(C(F)(F)F)ccc1Cl)C1CCCN(c2ccc(-c3cccs3)nn2)C1. The second-order valence-corrected chi connectivity index (χ2v) is 8.58. The number of carbonyl (C=O) groups excluding carboxylic acids is 1. The van der Waals surface area contributed by atoms with Crippen molar-refractivity contribution in [2.75, 3.05) is 23.3 Å². The Kier molecular flexibility index (Phi) is 6.15. The maximum absolute atomic E-state index is 13.0. The number of nitrogens with zero attached hydrogens (tertiary/aromatic N) is 3. The zero-order valence-electron chi connectivity index (χ0n) is 16.2. The van der Waals surface area contributed by atoms with E-state index in [1.54, 1.807) is 11.3 Å². The Morgan fingerprint density at radius 1 is 1.19 bits per heavy atom. The summed E-state index contributed by atoms with van der Waals surface area (Å²) in [5, 5.41) is 13.2. The van der Waals surface area contributed by atoms with Gasteiger partial charge in [-0.05, 0) is 54.6 Å². The van der Waals surface area contributed by atoms with Gasteiger partial charge in [-0.1, -0.05) is 17.7 Å². The largest absolute Gasteiger partial charge is 0.416 e. The smallest absolute Gasteiger partial charge is 0.354 e. The maximum atomic E-state index is 13.0. The van der Waals surface area contributed by atoms with E-state index >= 15 is 0 Å². The third-order valence-electron chi connectivity index (χ3n) is 5.09. The molecule has 1 atom stereocenters. The predicted molar refractivity (Wildman–Crippen MR) is 115 cm³/mol. The van der Waals surface area contributed by atoms with Crippen LogP contribution in [0.25, 0.3) is 10.6 Å². The van der Waals surface area contributed by atoms with Crippen LogP contribution in [0.15, 0.2) is 47.8 Å². The molecule has 1 amide bonds. The molecule has 1 unspecified atom stereocenters. The summed E-state index contributed by atoms with van der Waals surface area (Å²) in [6.45, 7) is 1.12. The van der Waals surface area contributed by atoms with Gasteiger partial charge < -0.3 is 10.2 Å². The average molecular weight is 467 g/mol. The fourth-order valence-corrected chi connectivity index (χ4v) is 4.34. The molecule has 0 radical (unpaired) electrons. The van der Waals surface area contributed by atoms with Gasteiger partial charge in [-0.3, -0.25) is 4.79 Å². The molecule has 1 fully saturated rings. The highest BCUT2D eigenvalue weighted by Gasteiger charge is 2.32. The number of benzene rings is 1. The van der Waals surface area contributed by atoms with Crippen molar-refractivity contribution < 1.29 is 18.0 Å². The lowest BCUT2D eigenvalue weighted by Gasteiger charge is -2.32. The van der Waals surface area contributed by atoms with Crippen LogP contribution < -0.4 is 10.2 Å². The molecule has 1 aromatic carbocycles. The van der Waals surface area contributed by atoms with E-state index < -0.39 is 17.7 Å². The van der Waals surface area contributed by atoms with Gasteiger partial charge in [0.15, 0.2) is 5.82 Å². The quantitative estimate of drug-likeness (QED) is 0.533. The van der Waals surface area contributed by atoms with Gasteiger partial charge in [0, 0.05) is 13.1 Å². The summed E-state index contributed by atoms with van der Waals surface area (Å²) in [7, 11) is 0. The van der Waals surface area contributed by atoms with Crippen LogP contribution >= 0.6 is 22.9 Å². The Bertz CT molecular complexity index is 1060. The fraction of sp³-hybridized carbons (Fsp3) is 0.286. The fourth-order valence-electron chi connectivity index (χ4n) is 3.48. The van der Waals surface area contributed by atoms with Gasteiger partial charge in [-0.25, -0.2) is 0 Å². The molecule has 0 saturated carbocycles. The molecule has 3 aromatic rings. The summed E-state index contributed by atoms with van der Waals surface area (Å²) in [5.74, 6) is -0.109. The number of amides is 1. The van der Waals surface area contributed by atoms with Crippen molar-refractivity contribution in [1.29, 1.82) is 0 Å². The van der Waals surface area contributed by atoms with Crippen LogP contribution in [0.2, 0.25) is 5.02 Å². The van der Waals surface area contributed by atoms with Crippen molar-refractivity contribution in [2.24, 2.45) is 5.92 Å². The molecule has 10 heteroatoms. The summed E-state index contributed by atoms with van der Waals surface area (Å²) >= 11 is 7.58. The first-order chi connectivity index (χ1) is 14.8. The number of halogens is 4. The molecule has 2 aromatic heterocycles. The Balaban J connectivity index is 1.44. The van der Waals surface area contributed by atoms with Gasteiger partial charge in [0.25, 0.3) is 0 Å². The second-order valence-electron chi connectivity index (χ2n) is 7.22. The van der Waals surface area contributed by atoms with Crippen molar-refractivity contribution in [3.63, 3.8) is 0 Å². The number of piperidine rings is 1. The lowest BCUT2D eigenvalue weighted by atomic mass is 9.97. The molecule has 1 aliphatic heterocycles. The predicted octanol–water partition coefficient (Wildman–Crippen LogP) is 5.73. The molecule has 0 bridgehead atoms. The van der Waals surface area contributed by atoms with E-state index in [1.165, 1.54) is 0 Å². The van der Waals surface area contributed by atoms with Crippen molar-refractivity contribution in [1.82, 2.24) is 10.2 Å². The summed E-state index contributed by atoms with van der Waals surface area (Å²) in [5.41, 5.74) is -0.124. The number of hydrogen-bond donors (Lipinski definition) is 1. The molecule has 162 valence electrons. The van der Waals surface area contributed by atoms with Crippen LogP contribution in [0.1, 0.15) is 18.4 Å². The molecule has 1 aliphatic rings. The molecule has 0 spiro atoms. The maximum Gasteiger partial charge on any atom is 0.416 e. The number of anilines is 2. The monoisotopic (exact) mass is 466 g/mol. The van der Waals surface area contributed by atoms with Crippen LogP contribution in [0.5, 0.6) is 0 Å². The van der Waals surface area contributed by atoms with Crippen LogP contribution in [0.4, 0.5) is 24.7 Å². The minimum Gasteiger partial charge on any atom is -0.354 e. The molecular weight excluding hydrogens is 449 g/mol. The first-order valence-electron chi connectivity index (χ1n) is 9.61. The molecule has 3 heterocycles. The Morgan fingerprint density at radius 2 is 2.03 bits per heavy atom. The zero-order chi connectivity index (χ0) is 22.0. The highest BCUT2D eigenvalue weighted by Crippen LogP contribution is 2.34. The van der Waals surface area contributed by atoms with Gasteiger partial charge in [-0.15, -0.1) is 21.5 Å². The molecule has 5 nitrogen and oxygen atoms in total. The van der Waals surface area contributed by atoms with E-state index in [1.807, 2.05) is 34.5 Å². The standard InChI is InChI=1S/C21H18ClF3N4OS/c22-15-6-5-14(21(23,24)25)11-17(15)26-20(30)13-3-1-9-29(12-13)19-8-7-16(27-28-19)18-4-2-10-31-18/h2,4-8,10-11,13H,1,3,9,12H2,(H,26,30). The number of thiophene rings is 1.